The van der Waals surface area contributed by atoms with Gasteiger partial charge in [-0.3, -0.25) is 4.99 Å². The Hall–Kier alpha value is -2.04. The van der Waals surface area contributed by atoms with Gasteiger partial charge in [-0.15, -0.1) is 6.58 Å². The van der Waals surface area contributed by atoms with E-state index < -0.39 is 0 Å². The van der Waals surface area contributed by atoms with Gasteiger partial charge in [-0.2, -0.15) is 0 Å². The predicted molar refractivity (Wildman–Crippen MR) is 107 cm³/mol. The molecule has 2 rings (SSSR count). The summed E-state index contributed by atoms with van der Waals surface area (Å²) in [7, 11) is 3.89. The zero-order chi connectivity index (χ0) is 18.1. The van der Waals surface area contributed by atoms with Crippen molar-refractivity contribution in [3.63, 3.8) is 0 Å². The molecule has 1 N–H and O–H groups in total. The van der Waals surface area contributed by atoms with Crippen molar-refractivity contribution in [1.82, 2.24) is 15.2 Å². The highest BCUT2D eigenvalue weighted by Gasteiger charge is 2.16. The summed E-state index contributed by atoms with van der Waals surface area (Å²) >= 11 is 0. The number of allylic oxidation sites excluding steroid dienone is 1. The van der Waals surface area contributed by atoms with E-state index >= 15 is 0 Å². The molecule has 5 nitrogen and oxygen atoms in total. The van der Waals surface area contributed by atoms with Crippen LogP contribution in [0.4, 0.5) is 5.82 Å². The van der Waals surface area contributed by atoms with Gasteiger partial charge in [0.25, 0.3) is 0 Å². The van der Waals surface area contributed by atoms with Crippen LogP contribution in [0.2, 0.25) is 0 Å². The molecule has 1 aromatic heterocycles. The van der Waals surface area contributed by atoms with E-state index in [0.717, 1.165) is 56.7 Å². The number of piperidine rings is 1. The Labute approximate surface area is 152 Å². The second-order valence-electron chi connectivity index (χ2n) is 6.95. The Kier molecular flexibility index (Phi) is 7.76. The minimum absolute atomic E-state index is 0.739. The Balaban J connectivity index is 1.82. The number of hydrogen-bond acceptors (Lipinski definition) is 3. The second kappa shape index (κ2) is 10.1. The summed E-state index contributed by atoms with van der Waals surface area (Å²) < 4.78 is 0. The average molecular weight is 344 g/mol. The molecule has 0 bridgehead atoms. The maximum atomic E-state index is 4.66. The normalized spacial score (nSPS) is 16.0. The molecule has 0 atom stereocenters. The maximum Gasteiger partial charge on any atom is 0.193 e. The maximum absolute atomic E-state index is 4.66. The van der Waals surface area contributed by atoms with Gasteiger partial charge in [0, 0.05) is 46.5 Å². The summed E-state index contributed by atoms with van der Waals surface area (Å²) in [5, 5.41) is 3.41. The molecular weight excluding hydrogens is 310 g/mol. The molecule has 138 valence electrons. The molecule has 1 aromatic rings. The number of nitrogens with one attached hydrogen (secondary N) is 1. The topological polar surface area (TPSA) is 43.8 Å². The van der Waals surface area contributed by atoms with E-state index in [1.54, 1.807) is 0 Å². The standard InChI is InChI=1S/C20H33N5/c1-5-6-7-12-24(4)20(21-3)23-16-18-8-9-19(22-15-18)25-13-10-17(2)11-14-25/h5,8-9,15,17H,1,6-7,10-14,16H2,2-4H3,(H,21,23). The van der Waals surface area contributed by atoms with Crippen molar-refractivity contribution in [2.24, 2.45) is 10.9 Å². The van der Waals surface area contributed by atoms with Gasteiger partial charge in [-0.1, -0.05) is 19.1 Å². The van der Waals surface area contributed by atoms with Gasteiger partial charge in [0.05, 0.1) is 0 Å². The van der Waals surface area contributed by atoms with Crippen LogP contribution in [0.3, 0.4) is 0 Å². The monoisotopic (exact) mass is 343 g/mol. The van der Waals surface area contributed by atoms with E-state index in [1.807, 2.05) is 19.3 Å². The van der Waals surface area contributed by atoms with Crippen LogP contribution in [0.1, 0.15) is 38.2 Å². The fourth-order valence-electron chi connectivity index (χ4n) is 3.09. The highest BCUT2D eigenvalue weighted by Crippen LogP contribution is 2.21. The summed E-state index contributed by atoms with van der Waals surface area (Å²) in [6.45, 7) is 10.0. The number of aliphatic imine (C=N–C) groups is 1. The molecule has 0 saturated carbocycles. The molecule has 2 heterocycles. The number of rotatable bonds is 7. The van der Waals surface area contributed by atoms with E-state index in [-0.39, 0.29) is 0 Å². The van der Waals surface area contributed by atoms with Crippen molar-refractivity contribution in [2.45, 2.75) is 39.2 Å². The molecule has 0 amide bonds. The average Bonchev–Trinajstić information content (AvgIpc) is 2.64. The number of pyridine rings is 1. The lowest BCUT2D eigenvalue weighted by atomic mass is 9.99. The van der Waals surface area contributed by atoms with Crippen LogP contribution in [-0.2, 0) is 6.54 Å². The Morgan fingerprint density at radius 1 is 1.44 bits per heavy atom. The zero-order valence-electron chi connectivity index (χ0n) is 16.0. The molecular formula is C20H33N5. The predicted octanol–water partition coefficient (Wildman–Crippen LogP) is 3.29. The number of unbranched alkanes of at least 4 members (excludes halogenated alkanes) is 1. The first-order valence-electron chi connectivity index (χ1n) is 9.36. The zero-order valence-corrected chi connectivity index (χ0v) is 16.0. The summed E-state index contributed by atoms with van der Waals surface area (Å²) in [5.41, 5.74) is 1.18. The first-order valence-corrected chi connectivity index (χ1v) is 9.36. The number of anilines is 1. The molecule has 0 aromatic carbocycles. The van der Waals surface area contributed by atoms with Gasteiger partial charge in [0.2, 0.25) is 0 Å². The van der Waals surface area contributed by atoms with Gasteiger partial charge in [-0.05, 0) is 43.2 Å². The van der Waals surface area contributed by atoms with Gasteiger partial charge in [0.1, 0.15) is 5.82 Å². The highest BCUT2D eigenvalue weighted by atomic mass is 15.3. The van der Waals surface area contributed by atoms with Gasteiger partial charge >= 0.3 is 0 Å². The molecule has 1 fully saturated rings. The van der Waals surface area contributed by atoms with Crippen molar-refractivity contribution in [3.8, 4) is 0 Å². The molecule has 25 heavy (non-hydrogen) atoms. The lowest BCUT2D eigenvalue weighted by Crippen LogP contribution is -2.39. The molecule has 1 aliphatic rings. The number of hydrogen-bond donors (Lipinski definition) is 1. The van der Waals surface area contributed by atoms with E-state index in [0.29, 0.717) is 0 Å². The number of aromatic nitrogens is 1. The van der Waals surface area contributed by atoms with Crippen molar-refractivity contribution < 1.29 is 0 Å². The van der Waals surface area contributed by atoms with Crippen LogP contribution in [0.25, 0.3) is 0 Å². The summed E-state index contributed by atoms with van der Waals surface area (Å²) in [6.07, 6.45) is 8.58. The summed E-state index contributed by atoms with van der Waals surface area (Å²) in [4.78, 5) is 13.6. The minimum atomic E-state index is 0.739. The molecule has 1 saturated heterocycles. The van der Waals surface area contributed by atoms with Crippen molar-refractivity contribution in [3.05, 3.63) is 36.5 Å². The molecule has 5 heteroatoms. The lowest BCUT2D eigenvalue weighted by Gasteiger charge is -2.31. The molecule has 1 aliphatic heterocycles. The van der Waals surface area contributed by atoms with E-state index in [4.69, 9.17) is 0 Å². The van der Waals surface area contributed by atoms with Crippen molar-refractivity contribution in [2.75, 3.05) is 38.6 Å². The molecule has 0 radical (unpaired) electrons. The largest absolute Gasteiger partial charge is 0.357 e. The van der Waals surface area contributed by atoms with Gasteiger partial charge < -0.3 is 15.1 Å². The summed E-state index contributed by atoms with van der Waals surface area (Å²) in [6, 6.07) is 4.31. The summed E-state index contributed by atoms with van der Waals surface area (Å²) in [5.74, 6) is 2.86. The smallest absolute Gasteiger partial charge is 0.193 e. The first kappa shape index (κ1) is 19.3. The number of guanidine groups is 1. The van der Waals surface area contributed by atoms with Crippen LogP contribution in [0.5, 0.6) is 0 Å². The van der Waals surface area contributed by atoms with E-state index in [1.165, 1.54) is 18.4 Å². The van der Waals surface area contributed by atoms with Gasteiger partial charge in [-0.25, -0.2) is 4.98 Å². The second-order valence-corrected chi connectivity index (χ2v) is 6.95. The van der Waals surface area contributed by atoms with Crippen molar-refractivity contribution in [1.29, 1.82) is 0 Å². The van der Waals surface area contributed by atoms with Gasteiger partial charge in [0.15, 0.2) is 5.96 Å². The fraction of sp³-hybridized carbons (Fsp3) is 0.600. The molecule has 0 unspecified atom stereocenters. The van der Waals surface area contributed by atoms with E-state index in [2.05, 4.69) is 57.8 Å². The van der Waals surface area contributed by atoms with Crippen molar-refractivity contribution >= 4 is 11.8 Å². The Morgan fingerprint density at radius 2 is 2.20 bits per heavy atom. The Morgan fingerprint density at radius 3 is 2.80 bits per heavy atom. The SMILES string of the molecule is C=CCCCN(C)C(=NC)NCc1ccc(N2CCC(C)CC2)nc1. The third-order valence-corrected chi connectivity index (χ3v) is 4.84. The molecule has 0 aliphatic carbocycles. The lowest BCUT2D eigenvalue weighted by molar-refractivity contribution is 0.436. The first-order chi connectivity index (χ1) is 12.1. The van der Waals surface area contributed by atoms with Crippen LogP contribution < -0.4 is 10.2 Å². The van der Waals surface area contributed by atoms with Crippen LogP contribution in [0, 0.1) is 5.92 Å². The fourth-order valence-corrected chi connectivity index (χ4v) is 3.09. The van der Waals surface area contributed by atoms with Crippen LogP contribution >= 0.6 is 0 Å². The molecule has 0 spiro atoms. The quantitative estimate of drug-likeness (QED) is 0.357. The highest BCUT2D eigenvalue weighted by molar-refractivity contribution is 5.79. The Bertz CT molecular complexity index is 544. The third kappa shape index (κ3) is 6.07. The van der Waals surface area contributed by atoms with Crippen LogP contribution in [-0.4, -0.2) is 49.6 Å². The number of nitrogens with zero attached hydrogens (tertiary/aromatic N) is 4. The van der Waals surface area contributed by atoms with Crippen LogP contribution in [0.15, 0.2) is 36.0 Å². The third-order valence-electron chi connectivity index (χ3n) is 4.84. The van der Waals surface area contributed by atoms with E-state index in [9.17, 15) is 0 Å². The minimum Gasteiger partial charge on any atom is -0.357 e.